The van der Waals surface area contributed by atoms with Crippen LogP contribution < -0.4 is 15.4 Å². The molecule has 7 heteroatoms. The zero-order chi connectivity index (χ0) is 17.5. The molecule has 0 amide bonds. The van der Waals surface area contributed by atoms with Gasteiger partial charge in [-0.25, -0.2) is 4.98 Å². The molecule has 2 rings (SSSR count). The second kappa shape index (κ2) is 8.54. The largest absolute Gasteiger partial charge is 0.508 e. The number of aryl methyl sites for hydroxylation is 2. The molecule has 130 valence electrons. The van der Waals surface area contributed by atoms with Crippen molar-refractivity contribution in [1.29, 1.82) is 0 Å². The number of nitrogens with zero attached hydrogens (tertiary/aromatic N) is 2. The molecule has 0 atom stereocenters. The van der Waals surface area contributed by atoms with Gasteiger partial charge in [-0.3, -0.25) is 4.99 Å². The number of aliphatic imine (C=N–C) groups is 1. The quantitative estimate of drug-likeness (QED) is 0.552. The van der Waals surface area contributed by atoms with Crippen molar-refractivity contribution in [3.63, 3.8) is 0 Å². The predicted octanol–water partition coefficient (Wildman–Crippen LogP) is 2.38. The number of aromatic nitrogens is 1. The molecule has 0 bridgehead atoms. The number of phenolic OH excluding ortho intramolecular Hbond substituents is 1. The number of thiazole rings is 1. The third kappa shape index (κ3) is 4.86. The van der Waals surface area contributed by atoms with Gasteiger partial charge in [0.1, 0.15) is 11.5 Å². The summed E-state index contributed by atoms with van der Waals surface area (Å²) in [4.78, 5) is 9.85. The molecule has 0 aliphatic rings. The summed E-state index contributed by atoms with van der Waals surface area (Å²) < 4.78 is 5.09. The normalized spacial score (nSPS) is 11.4. The first-order valence-corrected chi connectivity index (χ1v) is 8.58. The highest BCUT2D eigenvalue weighted by Gasteiger charge is 2.07. The molecule has 0 unspecified atom stereocenters. The van der Waals surface area contributed by atoms with E-state index >= 15 is 0 Å². The number of benzene rings is 1. The van der Waals surface area contributed by atoms with Crippen LogP contribution in [0.5, 0.6) is 11.5 Å². The number of hydrogen-bond acceptors (Lipinski definition) is 5. The van der Waals surface area contributed by atoms with Crippen molar-refractivity contribution >= 4 is 17.3 Å². The average molecular weight is 348 g/mol. The summed E-state index contributed by atoms with van der Waals surface area (Å²) in [5, 5.41) is 17.6. The first-order chi connectivity index (χ1) is 11.5. The summed E-state index contributed by atoms with van der Waals surface area (Å²) in [5.74, 6) is 1.63. The number of phenols is 1. The maximum atomic E-state index is 9.97. The Labute approximate surface area is 146 Å². The van der Waals surface area contributed by atoms with Crippen molar-refractivity contribution in [2.24, 2.45) is 4.99 Å². The molecular weight excluding hydrogens is 324 g/mol. The number of rotatable bonds is 6. The standard InChI is InChI=1S/C17H24N4O2S/c1-11-16(24-12(2)21-11)10-20-17(18-3)19-8-7-13-5-6-14(23-4)9-15(13)22/h5-6,9,22H,7-8,10H2,1-4H3,(H2,18,19,20). The lowest BCUT2D eigenvalue weighted by molar-refractivity contribution is 0.406. The Balaban J connectivity index is 1.82. The van der Waals surface area contributed by atoms with Gasteiger partial charge in [0.2, 0.25) is 0 Å². The van der Waals surface area contributed by atoms with Crippen LogP contribution in [0.25, 0.3) is 0 Å². The lowest BCUT2D eigenvalue weighted by atomic mass is 10.1. The summed E-state index contributed by atoms with van der Waals surface area (Å²) in [6, 6.07) is 5.34. The molecule has 3 N–H and O–H groups in total. The second-order valence-corrected chi connectivity index (χ2v) is 6.63. The van der Waals surface area contributed by atoms with Crippen LogP contribution in [0.2, 0.25) is 0 Å². The molecule has 1 aromatic carbocycles. The van der Waals surface area contributed by atoms with Crippen molar-refractivity contribution in [3.8, 4) is 11.5 Å². The molecule has 0 saturated carbocycles. The molecule has 0 radical (unpaired) electrons. The fourth-order valence-corrected chi connectivity index (χ4v) is 3.20. The van der Waals surface area contributed by atoms with Crippen LogP contribution in [0.4, 0.5) is 0 Å². The lowest BCUT2D eigenvalue weighted by Crippen LogP contribution is -2.37. The average Bonchev–Trinajstić information content (AvgIpc) is 2.89. The van der Waals surface area contributed by atoms with Crippen LogP contribution in [0, 0.1) is 13.8 Å². The van der Waals surface area contributed by atoms with Crippen molar-refractivity contribution in [1.82, 2.24) is 15.6 Å². The van der Waals surface area contributed by atoms with Crippen LogP contribution in [0.3, 0.4) is 0 Å². The number of guanidine groups is 1. The minimum atomic E-state index is 0.245. The molecule has 0 spiro atoms. The maximum absolute atomic E-state index is 9.97. The summed E-state index contributed by atoms with van der Waals surface area (Å²) in [6.07, 6.45) is 0.690. The fourth-order valence-electron chi connectivity index (χ4n) is 2.32. The summed E-state index contributed by atoms with van der Waals surface area (Å²) in [5.41, 5.74) is 1.93. The van der Waals surface area contributed by atoms with Crippen LogP contribution >= 0.6 is 11.3 Å². The van der Waals surface area contributed by atoms with Gasteiger partial charge in [-0.2, -0.15) is 0 Å². The number of methoxy groups -OCH3 is 1. The topological polar surface area (TPSA) is 78.8 Å². The van der Waals surface area contributed by atoms with E-state index in [0.717, 1.165) is 22.2 Å². The third-order valence-corrected chi connectivity index (χ3v) is 4.69. The van der Waals surface area contributed by atoms with Crippen LogP contribution in [0.1, 0.15) is 21.1 Å². The Morgan fingerprint density at radius 1 is 1.33 bits per heavy atom. The Hall–Kier alpha value is -2.28. The van der Waals surface area contributed by atoms with Gasteiger partial charge in [0.05, 0.1) is 24.4 Å². The molecule has 1 aromatic heterocycles. The molecule has 0 aliphatic heterocycles. The number of ether oxygens (including phenoxy) is 1. The van der Waals surface area contributed by atoms with Crippen LogP contribution in [0.15, 0.2) is 23.2 Å². The highest BCUT2D eigenvalue weighted by atomic mass is 32.1. The molecular formula is C17H24N4O2S. The number of nitrogens with one attached hydrogen (secondary N) is 2. The summed E-state index contributed by atoms with van der Waals surface area (Å²) in [7, 11) is 3.32. The second-order valence-electron chi connectivity index (χ2n) is 5.34. The van der Waals surface area contributed by atoms with E-state index < -0.39 is 0 Å². The Bertz CT molecular complexity index is 713. The van der Waals surface area contributed by atoms with Gasteiger partial charge in [0.25, 0.3) is 0 Å². The highest BCUT2D eigenvalue weighted by Crippen LogP contribution is 2.23. The molecule has 24 heavy (non-hydrogen) atoms. The molecule has 0 saturated heterocycles. The molecule has 6 nitrogen and oxygen atoms in total. The Morgan fingerprint density at radius 3 is 2.71 bits per heavy atom. The van der Waals surface area contributed by atoms with Crippen LogP contribution in [-0.2, 0) is 13.0 Å². The van der Waals surface area contributed by atoms with Crippen LogP contribution in [-0.4, -0.2) is 36.8 Å². The van der Waals surface area contributed by atoms with Gasteiger partial charge < -0.3 is 20.5 Å². The zero-order valence-corrected chi connectivity index (χ0v) is 15.3. The van der Waals surface area contributed by atoms with Crippen molar-refractivity contribution in [2.45, 2.75) is 26.8 Å². The maximum Gasteiger partial charge on any atom is 0.191 e. The number of hydrogen-bond donors (Lipinski definition) is 3. The monoisotopic (exact) mass is 348 g/mol. The van der Waals surface area contributed by atoms with E-state index in [1.165, 1.54) is 4.88 Å². The molecule has 1 heterocycles. The van der Waals surface area contributed by atoms with Gasteiger partial charge >= 0.3 is 0 Å². The van der Waals surface area contributed by atoms with E-state index in [1.807, 2.05) is 26.0 Å². The Kier molecular flexibility index (Phi) is 6.43. The fraction of sp³-hybridized carbons (Fsp3) is 0.412. The molecule has 0 aliphatic carbocycles. The first-order valence-electron chi connectivity index (χ1n) is 7.76. The van der Waals surface area contributed by atoms with Gasteiger partial charge in [0, 0.05) is 24.5 Å². The van der Waals surface area contributed by atoms with Gasteiger partial charge in [-0.05, 0) is 31.9 Å². The number of aromatic hydroxyl groups is 1. The third-order valence-electron chi connectivity index (χ3n) is 3.62. The van der Waals surface area contributed by atoms with E-state index in [9.17, 15) is 5.11 Å². The Morgan fingerprint density at radius 2 is 2.12 bits per heavy atom. The van der Waals surface area contributed by atoms with Gasteiger partial charge in [-0.1, -0.05) is 6.07 Å². The van der Waals surface area contributed by atoms with E-state index in [4.69, 9.17) is 4.74 Å². The first kappa shape index (κ1) is 18.1. The van der Waals surface area contributed by atoms with Crippen molar-refractivity contribution < 1.29 is 9.84 Å². The van der Waals surface area contributed by atoms with E-state index in [1.54, 1.807) is 31.6 Å². The van der Waals surface area contributed by atoms with E-state index in [2.05, 4.69) is 20.6 Å². The smallest absolute Gasteiger partial charge is 0.191 e. The van der Waals surface area contributed by atoms with Crippen molar-refractivity contribution in [2.75, 3.05) is 20.7 Å². The minimum Gasteiger partial charge on any atom is -0.508 e. The molecule has 2 aromatic rings. The van der Waals surface area contributed by atoms with Crippen molar-refractivity contribution in [3.05, 3.63) is 39.3 Å². The van der Waals surface area contributed by atoms with Gasteiger partial charge in [0.15, 0.2) is 5.96 Å². The zero-order valence-electron chi connectivity index (χ0n) is 14.5. The SMILES string of the molecule is CN=C(NCCc1ccc(OC)cc1O)NCc1sc(C)nc1C. The lowest BCUT2D eigenvalue weighted by Gasteiger charge is -2.12. The summed E-state index contributed by atoms with van der Waals surface area (Å²) >= 11 is 1.69. The predicted molar refractivity (Wildman–Crippen MR) is 98.2 cm³/mol. The highest BCUT2D eigenvalue weighted by molar-refractivity contribution is 7.11. The molecule has 0 fully saturated rings. The van der Waals surface area contributed by atoms with Gasteiger partial charge in [-0.15, -0.1) is 11.3 Å². The van der Waals surface area contributed by atoms with E-state index in [0.29, 0.717) is 25.3 Å². The summed E-state index contributed by atoms with van der Waals surface area (Å²) in [6.45, 7) is 5.39. The minimum absolute atomic E-state index is 0.245. The van der Waals surface area contributed by atoms with E-state index in [-0.39, 0.29) is 5.75 Å².